The van der Waals surface area contributed by atoms with Gasteiger partial charge >= 0.3 is 0 Å². The topological polar surface area (TPSA) is 30.9 Å². The maximum Gasteiger partial charge on any atom is 0.168 e. The van der Waals surface area contributed by atoms with Crippen molar-refractivity contribution in [3.05, 3.63) is 30.3 Å². The van der Waals surface area contributed by atoms with Crippen LogP contribution in [0.15, 0.2) is 30.3 Å². The zero-order valence-electron chi connectivity index (χ0n) is 14.2. The molecule has 2 aliphatic rings. The second-order valence-electron chi connectivity index (χ2n) is 6.80. The highest BCUT2D eigenvalue weighted by molar-refractivity contribution is 5.20. The molecule has 1 aliphatic heterocycles. The quantitative estimate of drug-likeness (QED) is 0.771. The van der Waals surface area contributed by atoms with E-state index in [1.807, 2.05) is 30.3 Å². The molecule has 23 heavy (non-hydrogen) atoms. The summed E-state index contributed by atoms with van der Waals surface area (Å²) in [6.07, 6.45) is 5.86. The Bertz CT molecular complexity index is 449. The molecular formula is C19H29NO3. The van der Waals surface area contributed by atoms with E-state index >= 15 is 0 Å². The molecule has 0 aromatic heterocycles. The summed E-state index contributed by atoms with van der Waals surface area (Å²) in [5.74, 6) is 1.55. The molecule has 0 N–H and O–H groups in total. The Morgan fingerprint density at radius 3 is 2.48 bits per heavy atom. The molecule has 0 atom stereocenters. The summed E-state index contributed by atoms with van der Waals surface area (Å²) in [7, 11) is 2.18. The maximum absolute atomic E-state index is 5.80. The summed E-state index contributed by atoms with van der Waals surface area (Å²) in [5, 5.41) is 0. The van der Waals surface area contributed by atoms with Crippen LogP contribution in [0.25, 0.3) is 0 Å². The van der Waals surface area contributed by atoms with Crippen molar-refractivity contribution in [1.29, 1.82) is 0 Å². The van der Waals surface area contributed by atoms with Gasteiger partial charge in [-0.2, -0.15) is 0 Å². The second kappa shape index (κ2) is 8.13. The standard InChI is InChI=1S/C19H29NO3/c1-20(13-14-21-18-5-3-2-4-6-18)12-9-17-7-10-19(11-8-17)22-15-16-23-19/h2-6,17H,7-16H2,1H3. The van der Waals surface area contributed by atoms with Crippen LogP contribution < -0.4 is 4.74 Å². The first-order valence-corrected chi connectivity index (χ1v) is 8.90. The number of ether oxygens (including phenoxy) is 3. The Morgan fingerprint density at radius 1 is 1.09 bits per heavy atom. The average molecular weight is 319 g/mol. The average Bonchev–Trinajstić information content (AvgIpc) is 3.04. The van der Waals surface area contributed by atoms with Crippen molar-refractivity contribution in [3.8, 4) is 5.75 Å². The smallest absolute Gasteiger partial charge is 0.168 e. The number of nitrogens with zero attached hydrogens (tertiary/aromatic N) is 1. The van der Waals surface area contributed by atoms with Gasteiger partial charge in [0.1, 0.15) is 12.4 Å². The van der Waals surface area contributed by atoms with E-state index in [-0.39, 0.29) is 5.79 Å². The SMILES string of the molecule is CN(CCOc1ccccc1)CCC1CCC2(CC1)OCCO2. The Kier molecular flexibility index (Phi) is 5.92. The van der Waals surface area contributed by atoms with Crippen molar-refractivity contribution in [1.82, 2.24) is 4.90 Å². The molecule has 1 aliphatic carbocycles. The van der Waals surface area contributed by atoms with Gasteiger partial charge in [-0.05, 0) is 50.9 Å². The molecule has 4 heteroatoms. The van der Waals surface area contributed by atoms with E-state index in [0.29, 0.717) is 0 Å². The van der Waals surface area contributed by atoms with Crippen molar-refractivity contribution in [3.63, 3.8) is 0 Å². The number of benzene rings is 1. The normalized spacial score (nSPS) is 21.1. The molecule has 1 saturated heterocycles. The van der Waals surface area contributed by atoms with Gasteiger partial charge in [-0.25, -0.2) is 0 Å². The fraction of sp³-hybridized carbons (Fsp3) is 0.684. The fourth-order valence-electron chi connectivity index (χ4n) is 3.54. The van der Waals surface area contributed by atoms with Crippen LogP contribution in [0.1, 0.15) is 32.1 Å². The molecule has 3 rings (SSSR count). The van der Waals surface area contributed by atoms with Gasteiger partial charge in [-0.15, -0.1) is 0 Å². The largest absolute Gasteiger partial charge is 0.492 e. The Hall–Kier alpha value is -1.10. The third-order valence-electron chi connectivity index (χ3n) is 5.08. The van der Waals surface area contributed by atoms with Crippen LogP contribution in [0.5, 0.6) is 5.75 Å². The number of hydrogen-bond donors (Lipinski definition) is 0. The molecule has 128 valence electrons. The lowest BCUT2D eigenvalue weighted by Crippen LogP contribution is -2.36. The van der Waals surface area contributed by atoms with E-state index in [1.54, 1.807) is 0 Å². The van der Waals surface area contributed by atoms with Crippen molar-refractivity contribution in [2.75, 3.05) is 40.0 Å². The van der Waals surface area contributed by atoms with Crippen LogP contribution in [-0.2, 0) is 9.47 Å². The molecule has 1 spiro atoms. The van der Waals surface area contributed by atoms with Gasteiger partial charge in [-0.1, -0.05) is 18.2 Å². The molecule has 0 amide bonds. The monoisotopic (exact) mass is 319 g/mol. The first-order chi connectivity index (χ1) is 11.3. The maximum atomic E-state index is 5.80. The van der Waals surface area contributed by atoms with E-state index in [0.717, 1.165) is 57.4 Å². The summed E-state index contributed by atoms with van der Waals surface area (Å²) in [6, 6.07) is 10.0. The van der Waals surface area contributed by atoms with Crippen LogP contribution in [0, 0.1) is 5.92 Å². The summed E-state index contributed by atoms with van der Waals surface area (Å²) >= 11 is 0. The minimum absolute atomic E-state index is 0.216. The highest BCUT2D eigenvalue weighted by atomic mass is 16.7. The lowest BCUT2D eigenvalue weighted by Gasteiger charge is -2.35. The van der Waals surface area contributed by atoms with Gasteiger partial charge < -0.3 is 19.1 Å². The third kappa shape index (κ3) is 4.93. The Morgan fingerprint density at radius 2 is 1.78 bits per heavy atom. The molecule has 0 radical (unpaired) electrons. The van der Waals surface area contributed by atoms with Gasteiger partial charge in [0, 0.05) is 19.4 Å². The molecule has 1 saturated carbocycles. The molecule has 1 heterocycles. The summed E-state index contributed by atoms with van der Waals surface area (Å²) in [6.45, 7) is 4.40. The number of para-hydroxylation sites is 1. The van der Waals surface area contributed by atoms with Gasteiger partial charge in [0.05, 0.1) is 13.2 Å². The minimum atomic E-state index is -0.216. The van der Waals surface area contributed by atoms with E-state index in [9.17, 15) is 0 Å². The first-order valence-electron chi connectivity index (χ1n) is 8.90. The van der Waals surface area contributed by atoms with Crippen molar-refractivity contribution in [2.45, 2.75) is 37.9 Å². The van der Waals surface area contributed by atoms with Crippen molar-refractivity contribution >= 4 is 0 Å². The summed E-state index contributed by atoms with van der Waals surface area (Å²) < 4.78 is 17.4. The molecular weight excluding hydrogens is 290 g/mol. The molecule has 4 nitrogen and oxygen atoms in total. The molecule has 2 fully saturated rings. The summed E-state index contributed by atoms with van der Waals surface area (Å²) in [4.78, 5) is 2.37. The van der Waals surface area contributed by atoms with E-state index in [1.165, 1.54) is 19.3 Å². The van der Waals surface area contributed by atoms with Gasteiger partial charge in [0.15, 0.2) is 5.79 Å². The van der Waals surface area contributed by atoms with Crippen molar-refractivity contribution in [2.24, 2.45) is 5.92 Å². The van der Waals surface area contributed by atoms with Crippen molar-refractivity contribution < 1.29 is 14.2 Å². The zero-order chi connectivity index (χ0) is 16.0. The third-order valence-corrected chi connectivity index (χ3v) is 5.08. The minimum Gasteiger partial charge on any atom is -0.492 e. The highest BCUT2D eigenvalue weighted by Gasteiger charge is 2.39. The lowest BCUT2D eigenvalue weighted by molar-refractivity contribution is -0.182. The van der Waals surface area contributed by atoms with E-state index < -0.39 is 0 Å². The number of rotatable bonds is 7. The van der Waals surface area contributed by atoms with Crippen LogP contribution >= 0.6 is 0 Å². The van der Waals surface area contributed by atoms with Gasteiger partial charge in [0.25, 0.3) is 0 Å². The van der Waals surface area contributed by atoms with Crippen LogP contribution in [0.3, 0.4) is 0 Å². The molecule has 1 aromatic carbocycles. The second-order valence-corrected chi connectivity index (χ2v) is 6.80. The summed E-state index contributed by atoms with van der Waals surface area (Å²) in [5.41, 5.74) is 0. The Labute approximate surface area is 139 Å². The number of likely N-dealkylation sites (N-methyl/N-ethyl adjacent to an activating group) is 1. The Balaban J connectivity index is 1.28. The number of hydrogen-bond acceptors (Lipinski definition) is 4. The van der Waals surface area contributed by atoms with Crippen LogP contribution in [0.2, 0.25) is 0 Å². The van der Waals surface area contributed by atoms with Gasteiger partial charge in [0.2, 0.25) is 0 Å². The van der Waals surface area contributed by atoms with Crippen LogP contribution in [-0.4, -0.2) is 50.6 Å². The fourth-order valence-corrected chi connectivity index (χ4v) is 3.54. The van der Waals surface area contributed by atoms with Crippen LogP contribution in [0.4, 0.5) is 0 Å². The highest BCUT2D eigenvalue weighted by Crippen LogP contribution is 2.39. The first kappa shape index (κ1) is 16.7. The van der Waals surface area contributed by atoms with Gasteiger partial charge in [-0.3, -0.25) is 0 Å². The van der Waals surface area contributed by atoms with E-state index in [4.69, 9.17) is 14.2 Å². The molecule has 0 unspecified atom stereocenters. The van der Waals surface area contributed by atoms with E-state index in [2.05, 4.69) is 11.9 Å². The zero-order valence-corrected chi connectivity index (χ0v) is 14.2. The molecule has 1 aromatic rings. The predicted octanol–water partition coefficient (Wildman–Crippen LogP) is 3.32. The molecule has 0 bridgehead atoms. The predicted molar refractivity (Wildman–Crippen MR) is 90.6 cm³/mol. The lowest BCUT2D eigenvalue weighted by atomic mass is 9.83.